The molecule has 122 valence electrons. The molecule has 0 bridgehead atoms. The van der Waals surface area contributed by atoms with Gasteiger partial charge in [0.05, 0.1) is 16.1 Å². The van der Waals surface area contributed by atoms with E-state index in [-0.39, 0.29) is 11.9 Å². The molecule has 0 spiro atoms. The van der Waals surface area contributed by atoms with Crippen LogP contribution in [0.5, 0.6) is 0 Å². The Hall–Kier alpha value is -0.990. The van der Waals surface area contributed by atoms with Gasteiger partial charge < -0.3 is 5.73 Å². The number of nitrogens with two attached hydrogens (primary N) is 1. The summed E-state index contributed by atoms with van der Waals surface area (Å²) in [5, 5.41) is 0. The molecule has 2 atom stereocenters. The van der Waals surface area contributed by atoms with Crippen molar-refractivity contribution < 1.29 is 17.6 Å². The molecule has 0 unspecified atom stereocenters. The smallest absolute Gasteiger partial charge is 0.224 e. The minimum absolute atomic E-state index is 0.300. The van der Waals surface area contributed by atoms with Gasteiger partial charge in [0.2, 0.25) is 15.9 Å². The SMILES string of the molecule is CS(=O)(=O)N[C@H]1CC[C@](Cc2ccc(F)c(Br)c2)(C(N)=O)C1. The van der Waals surface area contributed by atoms with E-state index < -0.39 is 21.3 Å². The third-order valence-corrected chi connectivity index (χ3v) is 5.41. The summed E-state index contributed by atoms with van der Waals surface area (Å²) in [6, 6.07) is 4.26. The molecule has 1 saturated carbocycles. The molecule has 0 aliphatic heterocycles. The molecular formula is C14H18BrFN2O3S. The summed E-state index contributed by atoms with van der Waals surface area (Å²) in [4.78, 5) is 12.0. The standard InChI is InChI=1S/C14H18BrFN2O3S/c1-22(20,21)18-10-4-5-14(8-10,13(17)19)7-9-2-3-12(16)11(15)6-9/h2-3,6,10,18H,4-5,7-8H2,1H3,(H2,17,19)/t10-,14+/m0/s1. The largest absolute Gasteiger partial charge is 0.369 e. The molecule has 2 rings (SSSR count). The molecule has 1 aromatic rings. The van der Waals surface area contributed by atoms with E-state index >= 15 is 0 Å². The van der Waals surface area contributed by atoms with Crippen molar-refractivity contribution in [2.45, 2.75) is 31.7 Å². The monoisotopic (exact) mass is 392 g/mol. The minimum Gasteiger partial charge on any atom is -0.369 e. The second-order valence-corrected chi connectivity index (χ2v) is 8.53. The van der Waals surface area contributed by atoms with E-state index in [0.717, 1.165) is 11.8 Å². The predicted octanol–water partition coefficient (Wildman–Crippen LogP) is 1.70. The van der Waals surface area contributed by atoms with E-state index in [1.807, 2.05) is 0 Å². The number of benzene rings is 1. The van der Waals surface area contributed by atoms with Crippen molar-refractivity contribution in [3.05, 3.63) is 34.1 Å². The summed E-state index contributed by atoms with van der Waals surface area (Å²) >= 11 is 3.12. The highest BCUT2D eigenvalue weighted by molar-refractivity contribution is 9.10. The van der Waals surface area contributed by atoms with Gasteiger partial charge in [-0.15, -0.1) is 0 Å². The lowest BCUT2D eigenvalue weighted by Gasteiger charge is -2.26. The molecule has 0 aromatic heterocycles. The molecule has 3 N–H and O–H groups in total. The van der Waals surface area contributed by atoms with Crippen molar-refractivity contribution in [2.24, 2.45) is 11.1 Å². The van der Waals surface area contributed by atoms with Gasteiger partial charge in [0.15, 0.2) is 0 Å². The molecule has 8 heteroatoms. The van der Waals surface area contributed by atoms with E-state index in [9.17, 15) is 17.6 Å². The summed E-state index contributed by atoms with van der Waals surface area (Å²) in [7, 11) is -3.33. The zero-order chi connectivity index (χ0) is 16.5. The zero-order valence-corrected chi connectivity index (χ0v) is 14.5. The lowest BCUT2D eigenvalue weighted by molar-refractivity contribution is -0.127. The Morgan fingerprint density at radius 3 is 2.77 bits per heavy atom. The topological polar surface area (TPSA) is 89.3 Å². The summed E-state index contributed by atoms with van der Waals surface area (Å²) in [5.74, 6) is -0.828. The van der Waals surface area contributed by atoms with Gasteiger partial charge in [-0.3, -0.25) is 4.79 Å². The molecule has 1 amide bonds. The highest BCUT2D eigenvalue weighted by Gasteiger charge is 2.44. The number of carbonyl (C=O) groups excluding carboxylic acids is 1. The van der Waals surface area contributed by atoms with Crippen molar-refractivity contribution in [2.75, 3.05) is 6.26 Å². The highest BCUT2D eigenvalue weighted by Crippen LogP contribution is 2.41. The first-order chi connectivity index (χ1) is 10.1. The van der Waals surface area contributed by atoms with E-state index in [2.05, 4.69) is 20.7 Å². The number of halogens is 2. The number of rotatable bonds is 5. The molecule has 5 nitrogen and oxygen atoms in total. The molecule has 22 heavy (non-hydrogen) atoms. The minimum atomic E-state index is -3.33. The Labute approximate surface area is 137 Å². The van der Waals surface area contributed by atoms with Crippen LogP contribution in [0.2, 0.25) is 0 Å². The average molecular weight is 393 g/mol. The Balaban J connectivity index is 2.20. The quantitative estimate of drug-likeness (QED) is 0.798. The van der Waals surface area contributed by atoms with E-state index in [4.69, 9.17) is 5.73 Å². The molecule has 1 aliphatic rings. The first kappa shape index (κ1) is 17.4. The lowest BCUT2D eigenvalue weighted by atomic mass is 9.79. The molecule has 1 aromatic carbocycles. The lowest BCUT2D eigenvalue weighted by Crippen LogP contribution is -2.40. The fraction of sp³-hybridized carbons (Fsp3) is 0.500. The van der Waals surface area contributed by atoms with E-state index in [0.29, 0.717) is 30.2 Å². The maximum atomic E-state index is 13.3. The Kier molecular flexibility index (Phi) is 4.93. The van der Waals surface area contributed by atoms with E-state index in [1.54, 1.807) is 12.1 Å². The van der Waals surface area contributed by atoms with Crippen LogP contribution in [0.3, 0.4) is 0 Å². The number of carbonyl (C=O) groups is 1. The summed E-state index contributed by atoms with van der Waals surface area (Å²) in [5.41, 5.74) is 5.55. The van der Waals surface area contributed by atoms with Crippen LogP contribution in [-0.2, 0) is 21.2 Å². The van der Waals surface area contributed by atoms with Crippen molar-refractivity contribution in [3.63, 3.8) is 0 Å². The van der Waals surface area contributed by atoms with E-state index in [1.165, 1.54) is 6.07 Å². The number of hydrogen-bond donors (Lipinski definition) is 2. The van der Waals surface area contributed by atoms with Crippen LogP contribution in [0, 0.1) is 11.2 Å². The average Bonchev–Trinajstić information content (AvgIpc) is 2.76. The Morgan fingerprint density at radius 1 is 1.55 bits per heavy atom. The molecule has 0 heterocycles. The molecule has 0 radical (unpaired) electrons. The van der Waals surface area contributed by atoms with Gasteiger partial charge in [-0.25, -0.2) is 17.5 Å². The van der Waals surface area contributed by atoms with Crippen LogP contribution >= 0.6 is 15.9 Å². The second-order valence-electron chi connectivity index (χ2n) is 5.90. The Bertz CT molecular complexity index is 695. The normalized spacial score (nSPS) is 25.3. The maximum absolute atomic E-state index is 13.3. The number of hydrogen-bond acceptors (Lipinski definition) is 3. The summed E-state index contributed by atoms with van der Waals surface area (Å²) in [6.07, 6.45) is 2.87. The van der Waals surface area contributed by atoms with Gasteiger partial charge >= 0.3 is 0 Å². The van der Waals surface area contributed by atoms with Gasteiger partial charge in [0, 0.05) is 6.04 Å². The fourth-order valence-electron chi connectivity index (χ4n) is 3.04. The van der Waals surface area contributed by atoms with Crippen LogP contribution in [0.25, 0.3) is 0 Å². The summed E-state index contributed by atoms with van der Waals surface area (Å²) < 4.78 is 38.8. The van der Waals surface area contributed by atoms with Gasteiger partial charge in [-0.1, -0.05) is 6.07 Å². The first-order valence-electron chi connectivity index (χ1n) is 6.82. The molecule has 1 aliphatic carbocycles. The predicted molar refractivity (Wildman–Crippen MR) is 85.0 cm³/mol. The Morgan fingerprint density at radius 2 is 2.23 bits per heavy atom. The van der Waals surface area contributed by atoms with Crippen molar-refractivity contribution in [3.8, 4) is 0 Å². The van der Waals surface area contributed by atoms with Gasteiger partial charge in [-0.05, 0) is 59.3 Å². The zero-order valence-electron chi connectivity index (χ0n) is 12.1. The van der Waals surface area contributed by atoms with Crippen LogP contribution in [-0.4, -0.2) is 26.6 Å². The third kappa shape index (κ3) is 4.05. The number of sulfonamides is 1. The number of amides is 1. The first-order valence-corrected chi connectivity index (χ1v) is 9.51. The van der Waals surface area contributed by atoms with Crippen LogP contribution in [0.1, 0.15) is 24.8 Å². The molecular weight excluding hydrogens is 375 g/mol. The van der Waals surface area contributed by atoms with Crippen molar-refractivity contribution in [1.82, 2.24) is 4.72 Å². The van der Waals surface area contributed by atoms with Crippen LogP contribution in [0.4, 0.5) is 4.39 Å². The number of nitrogens with one attached hydrogen (secondary N) is 1. The van der Waals surface area contributed by atoms with Crippen molar-refractivity contribution >= 4 is 31.9 Å². The summed E-state index contributed by atoms with van der Waals surface area (Å²) in [6.45, 7) is 0. The van der Waals surface area contributed by atoms with Crippen LogP contribution in [0.15, 0.2) is 22.7 Å². The second kappa shape index (κ2) is 6.25. The highest BCUT2D eigenvalue weighted by atomic mass is 79.9. The van der Waals surface area contributed by atoms with Gasteiger partial charge in [-0.2, -0.15) is 0 Å². The van der Waals surface area contributed by atoms with Gasteiger partial charge in [0.1, 0.15) is 5.82 Å². The molecule has 0 saturated heterocycles. The van der Waals surface area contributed by atoms with Gasteiger partial charge in [0.25, 0.3) is 0 Å². The fourth-order valence-corrected chi connectivity index (χ4v) is 4.27. The van der Waals surface area contributed by atoms with Crippen molar-refractivity contribution in [1.29, 1.82) is 0 Å². The molecule has 1 fully saturated rings. The van der Waals surface area contributed by atoms with Crippen LogP contribution < -0.4 is 10.5 Å². The third-order valence-electron chi connectivity index (χ3n) is 4.04. The maximum Gasteiger partial charge on any atom is 0.224 e. The number of primary amides is 1.